The van der Waals surface area contributed by atoms with Crippen LogP contribution in [0.3, 0.4) is 0 Å². The second-order valence-electron chi connectivity index (χ2n) is 26.5. The first-order chi connectivity index (χ1) is 60.8. The Labute approximate surface area is 635 Å². The fourth-order valence-corrected chi connectivity index (χ4v) is 18.4. The number of nitrogens with zero attached hydrogens (tertiary/aromatic N) is 4. The van der Waals surface area contributed by atoms with Crippen LogP contribution in [0.1, 0.15) is 71.7 Å². The van der Waals surface area contributed by atoms with Crippen molar-refractivity contribution in [2.75, 3.05) is 0 Å². The molecule has 0 bridgehead atoms. The van der Waals surface area contributed by atoms with Gasteiger partial charge in [-0.25, -0.2) is 4.98 Å². The molecule has 0 N–H and O–H groups in total. The summed E-state index contributed by atoms with van der Waals surface area (Å²) in [5.41, 5.74) is 7.65. The molecule has 0 saturated heterocycles. The second-order valence-corrected chi connectivity index (χ2v) is 30.0. The molecule has 14 aromatic carbocycles. The molecule has 0 amide bonds. The van der Waals surface area contributed by atoms with Crippen LogP contribution in [0.25, 0.3) is 139 Å². The molecule has 1 aliphatic rings. The van der Waals surface area contributed by atoms with Gasteiger partial charge in [-0.1, -0.05) is 263 Å². The van der Waals surface area contributed by atoms with Crippen LogP contribution in [0.5, 0.6) is 11.5 Å². The predicted molar refractivity (Wildman–Crippen MR) is 428 cm³/mol. The summed E-state index contributed by atoms with van der Waals surface area (Å²) in [6.45, 7) is 0.419. The molecular formula is C96H70N4O2Si. The van der Waals surface area contributed by atoms with E-state index in [0.29, 0.717) is 73.0 Å². The highest BCUT2D eigenvalue weighted by Gasteiger charge is 2.42. The lowest BCUT2D eigenvalue weighted by Crippen LogP contribution is -2.74. The molecule has 0 radical (unpaired) electrons. The molecule has 6 nitrogen and oxygen atoms in total. The third-order valence-corrected chi connectivity index (χ3v) is 23.6. The molecule has 0 fully saturated rings. The lowest BCUT2D eigenvalue weighted by atomic mass is 9.85. The molecule has 7 heteroatoms. The highest BCUT2D eigenvalue weighted by atomic mass is 28.3. The van der Waals surface area contributed by atoms with Gasteiger partial charge in [0.1, 0.15) is 28.5 Å². The zero-order valence-corrected chi connectivity index (χ0v) is 56.4. The summed E-state index contributed by atoms with van der Waals surface area (Å²) < 4.78 is 258. The van der Waals surface area contributed by atoms with Crippen molar-refractivity contribution in [2.45, 2.75) is 39.9 Å². The number of aryl methyl sites for hydroxylation is 2. The third kappa shape index (κ3) is 10.1. The first-order valence-electron chi connectivity index (χ1n) is 45.9. The Morgan fingerprint density at radius 2 is 1.06 bits per heavy atom. The van der Waals surface area contributed by atoms with Crippen LogP contribution < -0.4 is 30.1 Å². The molecule has 0 saturated carbocycles. The molecule has 4 aromatic heterocycles. The minimum Gasteiger partial charge on any atom is -0.458 e. The minimum absolute atomic E-state index is 0.0452. The lowest BCUT2D eigenvalue weighted by Gasteiger charge is -2.34. The highest BCUT2D eigenvalue weighted by molar-refractivity contribution is 7.20. The molecular weight excluding hydrogens is 1270 g/mol. The summed E-state index contributed by atoms with van der Waals surface area (Å²) >= 11 is 0. The van der Waals surface area contributed by atoms with E-state index in [2.05, 4.69) is 49.9 Å². The number of furan rings is 1. The third-order valence-electron chi connectivity index (χ3n) is 19.6. The van der Waals surface area contributed by atoms with Gasteiger partial charge >= 0.3 is 0 Å². The van der Waals surface area contributed by atoms with Crippen LogP contribution in [0.2, 0.25) is 0 Å². The van der Waals surface area contributed by atoms with Crippen molar-refractivity contribution in [3.63, 3.8) is 0 Å². The van der Waals surface area contributed by atoms with Crippen LogP contribution >= 0.6 is 0 Å². The number of hydrogen-bond acceptors (Lipinski definition) is 3. The number of aromatic nitrogens is 4. The van der Waals surface area contributed by atoms with E-state index in [9.17, 15) is 30.2 Å². The van der Waals surface area contributed by atoms with Crippen LogP contribution in [0.4, 0.5) is 0 Å². The van der Waals surface area contributed by atoms with E-state index in [1.165, 1.54) is 30.3 Å². The van der Waals surface area contributed by atoms with Crippen LogP contribution in [0.15, 0.2) is 338 Å². The standard InChI is InChI=1S/C96H70N4O2Si/c1-62-25-21-26-63(2)93(62)83-42-24-41-82-84-54-65(64-27-22-36-75(53-64)103(72-30-9-6-10-31-72,73-32-11-7-12-33-73)74-34-13-8-14-35-74)45-48-78(84)76-37-15-16-38-77(76)86-56-67(66-46-50-91-85(55-66)81-40-18-20-44-90(81)102-91)57-89-95(86)99(94(82)83)61-98(89)69-28-23-29-70(59-69)101-71-47-49-80-79-39-17-19-43-87(79)100(88(80)60-71)92-58-68(51-52-97-92)96(3,4)5/h6-60H,1-5H3/i1D3,2D3,6D,7D,8D,9D,10D,11D,12D,13D,14D,22D,27D,30D,31D,32D,33D,34D,35D,36D,53D. The normalized spacial score (nSPS) is 15.8. The largest absolute Gasteiger partial charge is 0.458 e. The number of imidazole rings is 1. The Morgan fingerprint density at radius 3 is 1.82 bits per heavy atom. The Hall–Kier alpha value is -12.7. The van der Waals surface area contributed by atoms with E-state index in [-0.39, 0.29) is 50.0 Å². The minimum atomic E-state index is -6.37. The zero-order valence-electron chi connectivity index (χ0n) is 80.4. The fourth-order valence-electron chi connectivity index (χ4n) is 14.8. The topological polar surface area (TPSA) is 49.0 Å². The fraction of sp³-hybridized carbons (Fsp3) is 0.0625. The molecule has 0 spiro atoms. The van der Waals surface area contributed by atoms with Crippen LogP contribution in [-0.2, 0) is 5.41 Å². The van der Waals surface area contributed by atoms with E-state index in [4.69, 9.17) is 18.3 Å². The SMILES string of the molecule is [2H]c1c([2H])c([2H])c([Si](c2c([2H])c([2H])c([2H])c([2H])c2[2H])(c2c([2H])c([2H])c([2H])c([2H])c2[2H])c2c([2H])c([2H])c([2H])c(-c3ccc4c(c3)-c3cccc(-c5c(C([2H])([2H])[2H])cccc5C([2H])([2H])[2H])c3-[n+]3[c-]n(-c5cccc(Oc6ccc7c8ccccc8n(-c8cc(C(C)(C)C)ccn8)c7c6)c5)c5cc(-c6ccc7oc8ccccc8c7c6)cc(c53)-c3ccccc3-4)c2[2H])c([2H])c1[2H]. The van der Waals surface area contributed by atoms with Crippen molar-refractivity contribution < 1.29 is 48.0 Å². The summed E-state index contributed by atoms with van der Waals surface area (Å²) in [6.07, 6.45) is 5.57. The Balaban J connectivity index is 0.930. The highest BCUT2D eigenvalue weighted by Crippen LogP contribution is 2.49. The summed E-state index contributed by atoms with van der Waals surface area (Å²) in [6, 6.07) is 43.1. The molecule has 1 aliphatic heterocycles. The summed E-state index contributed by atoms with van der Waals surface area (Å²) in [7, 11) is -6.37. The van der Waals surface area contributed by atoms with Crippen LogP contribution in [-0.4, -0.2) is 22.2 Å². The average Bonchev–Trinajstić information content (AvgIpc) is 0.866. The second kappa shape index (κ2) is 24.3. The molecule has 0 aliphatic carbocycles. The van der Waals surface area contributed by atoms with Crippen molar-refractivity contribution in [3.05, 3.63) is 356 Å². The predicted octanol–water partition coefficient (Wildman–Crippen LogP) is 21.5. The van der Waals surface area contributed by atoms with Crippen LogP contribution in [0, 0.1) is 20.0 Å². The van der Waals surface area contributed by atoms with Crippen molar-refractivity contribution in [1.82, 2.24) is 14.1 Å². The van der Waals surface area contributed by atoms with Crippen molar-refractivity contribution >= 4 is 83.6 Å². The molecule has 0 atom stereocenters. The number of ether oxygens (including phenoxy) is 1. The number of rotatable bonds is 11. The first-order valence-corrected chi connectivity index (χ1v) is 35.4. The Kier molecular flexibility index (Phi) is 9.56. The zero-order chi connectivity index (χ0) is 90.6. The van der Waals surface area contributed by atoms with Gasteiger partial charge in [0.25, 0.3) is 6.33 Å². The van der Waals surface area contributed by atoms with Gasteiger partial charge in [0, 0.05) is 42.0 Å². The monoisotopic (exact) mass is 1360 g/mol. The molecule has 18 aromatic rings. The average molecular weight is 1360 g/mol. The lowest BCUT2D eigenvalue weighted by molar-refractivity contribution is -0.570. The van der Waals surface area contributed by atoms with Gasteiger partial charge in [0.2, 0.25) is 0 Å². The molecule has 5 heterocycles. The molecule has 19 rings (SSSR count). The number of hydrogen-bond donors (Lipinski definition) is 0. The summed E-state index contributed by atoms with van der Waals surface area (Å²) in [5.74, 6) is 1.56. The first kappa shape index (κ1) is 40.5. The van der Waals surface area contributed by atoms with E-state index in [0.717, 1.165) is 43.7 Å². The Bertz CT molecular complexity index is 7610. The molecule has 103 heavy (non-hydrogen) atoms. The van der Waals surface area contributed by atoms with Gasteiger partial charge in [-0.3, -0.25) is 13.7 Å². The summed E-state index contributed by atoms with van der Waals surface area (Å²) in [4.78, 5) is 4.92. The quantitative estimate of drug-likeness (QED) is 0.0561. The van der Waals surface area contributed by atoms with Crippen molar-refractivity contribution in [1.29, 1.82) is 0 Å². The van der Waals surface area contributed by atoms with E-state index in [1.54, 1.807) is 28.8 Å². The van der Waals surface area contributed by atoms with Gasteiger partial charge in [0.15, 0.2) is 8.07 Å². The smallest absolute Gasteiger partial charge is 0.269 e. The number of para-hydroxylation sites is 3. The van der Waals surface area contributed by atoms with E-state index >= 15 is 0 Å². The van der Waals surface area contributed by atoms with Gasteiger partial charge in [0.05, 0.1) is 59.5 Å². The maximum atomic E-state index is 11.0. The number of fused-ring (bicyclic) bond motifs is 13. The maximum absolute atomic E-state index is 11.0. The van der Waals surface area contributed by atoms with Gasteiger partial charge < -0.3 is 9.15 Å². The molecule has 0 unspecified atom stereocenters. The van der Waals surface area contributed by atoms with Gasteiger partial charge in [-0.2, -0.15) is 0 Å². The number of pyridine rings is 1. The van der Waals surface area contributed by atoms with Crippen molar-refractivity contribution in [2.24, 2.45) is 0 Å². The van der Waals surface area contributed by atoms with E-state index < -0.39 is 163 Å². The van der Waals surface area contributed by atoms with Gasteiger partial charge in [-0.15, -0.1) is 0 Å². The maximum Gasteiger partial charge on any atom is 0.269 e. The Morgan fingerprint density at radius 1 is 0.447 bits per heavy atom. The van der Waals surface area contributed by atoms with E-state index in [1.807, 2.05) is 150 Å². The van der Waals surface area contributed by atoms with Crippen molar-refractivity contribution in [3.8, 4) is 95.5 Å². The molecule has 490 valence electrons. The summed E-state index contributed by atoms with van der Waals surface area (Å²) in [5, 5.41) is -0.427. The number of benzene rings is 14. The van der Waals surface area contributed by atoms with Gasteiger partial charge in [-0.05, 0) is 202 Å².